The van der Waals surface area contributed by atoms with Crippen LogP contribution >= 0.6 is 24.0 Å². The number of hydrogen-bond acceptors (Lipinski definition) is 3. The van der Waals surface area contributed by atoms with Crippen molar-refractivity contribution in [2.75, 3.05) is 19.6 Å². The van der Waals surface area contributed by atoms with Crippen LogP contribution in [-0.2, 0) is 18.4 Å². The lowest BCUT2D eigenvalue weighted by molar-refractivity contribution is -0.134. The van der Waals surface area contributed by atoms with Crippen molar-refractivity contribution in [3.63, 3.8) is 0 Å². The van der Waals surface area contributed by atoms with Gasteiger partial charge in [-0.2, -0.15) is 5.10 Å². The highest BCUT2D eigenvalue weighted by Gasteiger charge is 2.32. The maximum absolute atomic E-state index is 12.6. The second kappa shape index (κ2) is 10.1. The van der Waals surface area contributed by atoms with E-state index in [9.17, 15) is 4.79 Å². The molecule has 2 heterocycles. The van der Waals surface area contributed by atoms with Gasteiger partial charge in [0.25, 0.3) is 0 Å². The average molecular weight is 474 g/mol. The molecule has 2 aliphatic rings. The van der Waals surface area contributed by atoms with Crippen molar-refractivity contribution >= 4 is 35.8 Å². The molecule has 0 bridgehead atoms. The number of likely N-dealkylation sites (tertiary alicyclic amines) is 1. The van der Waals surface area contributed by atoms with E-state index < -0.39 is 0 Å². The number of nitrogens with zero attached hydrogens (tertiary/aromatic N) is 4. The largest absolute Gasteiger partial charge is 0.357 e. The van der Waals surface area contributed by atoms with Crippen molar-refractivity contribution in [3.8, 4) is 0 Å². The Kier molecular flexibility index (Phi) is 8.17. The summed E-state index contributed by atoms with van der Waals surface area (Å²) in [5.74, 6) is 1.44. The molecule has 1 aromatic rings. The van der Waals surface area contributed by atoms with Crippen LogP contribution in [0.15, 0.2) is 17.3 Å². The summed E-state index contributed by atoms with van der Waals surface area (Å²) in [4.78, 5) is 19.3. The first-order chi connectivity index (χ1) is 12.2. The predicted molar refractivity (Wildman–Crippen MR) is 114 cm³/mol. The van der Waals surface area contributed by atoms with Crippen molar-refractivity contribution in [1.82, 2.24) is 25.3 Å². The third-order valence-corrected chi connectivity index (χ3v) is 5.21. The van der Waals surface area contributed by atoms with Crippen molar-refractivity contribution in [1.29, 1.82) is 0 Å². The van der Waals surface area contributed by atoms with Crippen LogP contribution in [0.25, 0.3) is 0 Å². The maximum atomic E-state index is 12.6. The predicted octanol–water partition coefficient (Wildman–Crippen LogP) is 1.88. The van der Waals surface area contributed by atoms with Crippen LogP contribution in [0, 0.1) is 5.92 Å². The molecule has 1 aliphatic carbocycles. The fraction of sp³-hybridized carbons (Fsp3) is 0.722. The van der Waals surface area contributed by atoms with Crippen LogP contribution in [0.2, 0.25) is 0 Å². The zero-order chi connectivity index (χ0) is 17.6. The zero-order valence-electron chi connectivity index (χ0n) is 15.8. The number of carbonyl (C=O) groups is 1. The zero-order valence-corrected chi connectivity index (χ0v) is 18.1. The summed E-state index contributed by atoms with van der Waals surface area (Å²) < 4.78 is 1.84. The Morgan fingerprint density at radius 1 is 1.35 bits per heavy atom. The van der Waals surface area contributed by atoms with E-state index in [0.717, 1.165) is 50.6 Å². The Morgan fingerprint density at radius 2 is 2.12 bits per heavy atom. The van der Waals surface area contributed by atoms with Gasteiger partial charge in [0.15, 0.2) is 5.96 Å². The summed E-state index contributed by atoms with van der Waals surface area (Å²) in [6.45, 7) is 5.10. The average Bonchev–Trinajstić information content (AvgIpc) is 3.35. The first-order valence-corrected chi connectivity index (χ1v) is 9.48. The number of nitrogens with one attached hydrogen (secondary N) is 2. The number of aliphatic imine (C=N–C) groups is 1. The molecule has 1 amide bonds. The molecular formula is C18H31IN6O. The molecule has 1 saturated carbocycles. The molecule has 1 saturated heterocycles. The third kappa shape index (κ3) is 5.34. The minimum Gasteiger partial charge on any atom is -0.357 e. The number of aryl methyl sites for hydroxylation is 1. The molecular weight excluding hydrogens is 443 g/mol. The van der Waals surface area contributed by atoms with Gasteiger partial charge in [-0.3, -0.25) is 9.48 Å². The molecule has 1 aliphatic heterocycles. The number of guanidine groups is 1. The van der Waals surface area contributed by atoms with Crippen LogP contribution in [0.5, 0.6) is 0 Å². The molecule has 3 rings (SSSR count). The highest BCUT2D eigenvalue weighted by atomic mass is 127. The van der Waals surface area contributed by atoms with Gasteiger partial charge in [0, 0.05) is 44.8 Å². The fourth-order valence-corrected chi connectivity index (χ4v) is 3.74. The second-order valence-corrected chi connectivity index (χ2v) is 7.04. The van der Waals surface area contributed by atoms with Gasteiger partial charge in [-0.05, 0) is 32.3 Å². The lowest BCUT2D eigenvalue weighted by Crippen LogP contribution is -2.45. The first-order valence-electron chi connectivity index (χ1n) is 9.48. The fourth-order valence-electron chi connectivity index (χ4n) is 3.74. The van der Waals surface area contributed by atoms with Crippen LogP contribution in [0.3, 0.4) is 0 Å². The van der Waals surface area contributed by atoms with Gasteiger partial charge >= 0.3 is 0 Å². The van der Waals surface area contributed by atoms with E-state index in [4.69, 9.17) is 0 Å². The molecule has 26 heavy (non-hydrogen) atoms. The highest BCUT2D eigenvalue weighted by molar-refractivity contribution is 14.0. The van der Waals surface area contributed by atoms with Crippen molar-refractivity contribution in [2.45, 2.75) is 51.6 Å². The number of halogens is 1. The van der Waals surface area contributed by atoms with Gasteiger partial charge in [-0.25, -0.2) is 4.99 Å². The summed E-state index contributed by atoms with van der Waals surface area (Å²) in [7, 11) is 1.93. The quantitative estimate of drug-likeness (QED) is 0.389. The van der Waals surface area contributed by atoms with E-state index in [1.807, 2.05) is 22.7 Å². The number of carbonyl (C=O) groups excluding carboxylic acids is 1. The van der Waals surface area contributed by atoms with Gasteiger partial charge in [-0.1, -0.05) is 12.8 Å². The molecule has 0 spiro atoms. The van der Waals surface area contributed by atoms with Crippen LogP contribution < -0.4 is 10.6 Å². The van der Waals surface area contributed by atoms with Crippen molar-refractivity contribution < 1.29 is 4.79 Å². The Bertz CT molecular complexity index is 611. The Labute approximate surface area is 173 Å². The van der Waals surface area contributed by atoms with E-state index in [1.165, 1.54) is 12.8 Å². The van der Waals surface area contributed by atoms with Gasteiger partial charge in [0.05, 0.1) is 12.2 Å². The number of amides is 1. The summed E-state index contributed by atoms with van der Waals surface area (Å²) >= 11 is 0. The SMILES string of the molecule is CCNC(=NCc1ccnn1C)NC1CCN(C(=O)C2CCCC2)C1.I. The minimum atomic E-state index is 0. The molecule has 146 valence electrons. The Balaban J connectivity index is 0.00000243. The summed E-state index contributed by atoms with van der Waals surface area (Å²) in [6, 6.07) is 2.25. The Morgan fingerprint density at radius 3 is 2.77 bits per heavy atom. The molecule has 1 aromatic heterocycles. The normalized spacial score (nSPS) is 20.9. The molecule has 2 N–H and O–H groups in total. The van der Waals surface area contributed by atoms with E-state index >= 15 is 0 Å². The van der Waals surface area contributed by atoms with Crippen LogP contribution in [-0.4, -0.2) is 52.2 Å². The standard InChI is InChI=1S/C18H30N6O.HI/c1-3-19-18(20-12-16-8-10-21-23(16)2)22-15-9-11-24(13-15)17(25)14-6-4-5-7-14;/h8,10,14-15H,3-7,9,11-13H2,1-2H3,(H2,19,20,22);1H. The van der Waals surface area contributed by atoms with Crippen LogP contribution in [0.1, 0.15) is 44.7 Å². The molecule has 0 aromatic carbocycles. The third-order valence-electron chi connectivity index (χ3n) is 5.21. The highest BCUT2D eigenvalue weighted by Crippen LogP contribution is 2.27. The van der Waals surface area contributed by atoms with E-state index in [0.29, 0.717) is 12.5 Å². The van der Waals surface area contributed by atoms with Crippen molar-refractivity contribution in [3.05, 3.63) is 18.0 Å². The number of aromatic nitrogens is 2. The van der Waals surface area contributed by atoms with Crippen molar-refractivity contribution in [2.24, 2.45) is 18.0 Å². The molecule has 1 unspecified atom stereocenters. The van der Waals surface area contributed by atoms with Gasteiger partial charge in [0.1, 0.15) is 0 Å². The lowest BCUT2D eigenvalue weighted by atomic mass is 10.1. The summed E-state index contributed by atoms with van der Waals surface area (Å²) in [5.41, 5.74) is 1.07. The Hall–Kier alpha value is -1.32. The molecule has 8 heteroatoms. The first kappa shape index (κ1) is 21.0. The van der Waals surface area contributed by atoms with E-state index in [2.05, 4.69) is 27.6 Å². The van der Waals surface area contributed by atoms with Gasteiger partial charge in [0.2, 0.25) is 5.91 Å². The minimum absolute atomic E-state index is 0. The molecule has 2 fully saturated rings. The second-order valence-electron chi connectivity index (χ2n) is 7.04. The summed E-state index contributed by atoms with van der Waals surface area (Å²) in [6.07, 6.45) is 7.32. The molecule has 0 radical (unpaired) electrons. The van der Waals surface area contributed by atoms with Gasteiger partial charge in [-0.15, -0.1) is 24.0 Å². The summed E-state index contributed by atoms with van der Waals surface area (Å²) in [5, 5.41) is 11.0. The molecule has 1 atom stereocenters. The van der Waals surface area contributed by atoms with Crippen LogP contribution in [0.4, 0.5) is 0 Å². The maximum Gasteiger partial charge on any atom is 0.225 e. The van der Waals surface area contributed by atoms with E-state index in [-0.39, 0.29) is 35.9 Å². The van der Waals surface area contributed by atoms with Gasteiger partial charge < -0.3 is 15.5 Å². The molecule has 7 nitrogen and oxygen atoms in total. The number of rotatable bonds is 5. The smallest absolute Gasteiger partial charge is 0.225 e. The van der Waals surface area contributed by atoms with E-state index in [1.54, 1.807) is 6.20 Å². The number of hydrogen-bond donors (Lipinski definition) is 2. The topological polar surface area (TPSA) is 74.6 Å². The lowest BCUT2D eigenvalue weighted by Gasteiger charge is -2.21. The monoisotopic (exact) mass is 474 g/mol.